The molecule has 0 heterocycles. The molecule has 2 aromatic rings. The maximum atomic E-state index is 10.9. The Labute approximate surface area is 136 Å². The number of nitrogens with zero attached hydrogens (tertiary/aromatic N) is 1. The minimum Gasteiger partial charge on any atom is -0.456 e. The van der Waals surface area contributed by atoms with E-state index >= 15 is 0 Å². The number of ether oxygens (including phenoxy) is 1. The van der Waals surface area contributed by atoms with Crippen molar-refractivity contribution in [1.29, 1.82) is 0 Å². The van der Waals surface area contributed by atoms with E-state index < -0.39 is 4.92 Å². The first-order valence-electron chi connectivity index (χ1n) is 6.20. The first kappa shape index (κ1) is 15.8. The molecular formula is C15H13BrClNO3. The van der Waals surface area contributed by atoms with Crippen LogP contribution >= 0.6 is 27.5 Å². The van der Waals surface area contributed by atoms with E-state index in [0.717, 1.165) is 10.0 Å². The van der Waals surface area contributed by atoms with Crippen LogP contribution in [0.3, 0.4) is 0 Å². The molecule has 0 saturated carbocycles. The van der Waals surface area contributed by atoms with Gasteiger partial charge in [0, 0.05) is 17.5 Å². The zero-order valence-electron chi connectivity index (χ0n) is 11.5. The lowest BCUT2D eigenvalue weighted by Crippen LogP contribution is -1.95. The van der Waals surface area contributed by atoms with Gasteiger partial charge in [0.05, 0.1) is 9.40 Å². The Morgan fingerprint density at radius 1 is 1.19 bits per heavy atom. The highest BCUT2D eigenvalue weighted by atomic mass is 79.9. The minimum atomic E-state index is -0.392. The number of benzene rings is 2. The summed E-state index contributed by atoms with van der Waals surface area (Å²) in [4.78, 5) is 10.5. The molecule has 0 saturated heterocycles. The monoisotopic (exact) mass is 369 g/mol. The molecule has 0 unspecified atom stereocenters. The number of hydrogen-bond donors (Lipinski definition) is 0. The summed E-state index contributed by atoms with van der Waals surface area (Å²) in [5.41, 5.74) is 2.35. The van der Waals surface area contributed by atoms with E-state index in [1.54, 1.807) is 19.9 Å². The molecule has 4 nitrogen and oxygen atoms in total. The summed E-state index contributed by atoms with van der Waals surface area (Å²) in [5.74, 6) is 1.66. The second-order valence-corrected chi connectivity index (χ2v) is 5.78. The van der Waals surface area contributed by atoms with Gasteiger partial charge in [-0.3, -0.25) is 10.1 Å². The van der Waals surface area contributed by atoms with E-state index in [9.17, 15) is 10.1 Å². The van der Waals surface area contributed by atoms with Crippen molar-refractivity contribution in [2.75, 3.05) is 0 Å². The molecule has 0 radical (unpaired) electrons. The normalized spacial score (nSPS) is 10.5. The highest BCUT2D eigenvalue weighted by Crippen LogP contribution is 2.35. The quantitative estimate of drug-likeness (QED) is 0.405. The predicted molar refractivity (Wildman–Crippen MR) is 86.3 cm³/mol. The number of alkyl halides is 1. The van der Waals surface area contributed by atoms with Crippen molar-refractivity contribution < 1.29 is 9.66 Å². The number of nitro benzene ring substituents is 1. The molecule has 0 amide bonds. The molecule has 0 N–H and O–H groups in total. The summed E-state index contributed by atoms with van der Waals surface area (Å²) < 4.78 is 6.63. The van der Waals surface area contributed by atoms with Crippen molar-refractivity contribution in [3.8, 4) is 11.5 Å². The van der Waals surface area contributed by atoms with Crippen LogP contribution in [0.15, 0.2) is 34.8 Å². The van der Waals surface area contributed by atoms with Crippen molar-refractivity contribution in [3.63, 3.8) is 0 Å². The van der Waals surface area contributed by atoms with Crippen LogP contribution in [0.5, 0.6) is 11.5 Å². The largest absolute Gasteiger partial charge is 0.456 e. The SMILES string of the molecule is Cc1cc([N+](=O)[O-])c(C)cc1Oc1ccc(CCl)cc1Br. The number of aryl methyl sites for hydroxylation is 2. The van der Waals surface area contributed by atoms with Crippen LogP contribution in [0, 0.1) is 24.0 Å². The van der Waals surface area contributed by atoms with Gasteiger partial charge >= 0.3 is 0 Å². The van der Waals surface area contributed by atoms with Crippen LogP contribution in [0.1, 0.15) is 16.7 Å². The lowest BCUT2D eigenvalue weighted by Gasteiger charge is -2.12. The maximum Gasteiger partial charge on any atom is 0.272 e. The molecule has 2 rings (SSSR count). The summed E-state index contributed by atoms with van der Waals surface area (Å²) in [7, 11) is 0. The first-order valence-corrected chi connectivity index (χ1v) is 7.53. The van der Waals surface area contributed by atoms with Gasteiger partial charge in [-0.1, -0.05) is 6.07 Å². The predicted octanol–water partition coefficient (Wildman–Crippen LogP) is 5.51. The Morgan fingerprint density at radius 3 is 2.48 bits per heavy atom. The molecule has 0 fully saturated rings. The number of nitro groups is 1. The lowest BCUT2D eigenvalue weighted by molar-refractivity contribution is -0.385. The molecule has 0 spiro atoms. The van der Waals surface area contributed by atoms with Crippen LogP contribution in [0.2, 0.25) is 0 Å². The third-order valence-electron chi connectivity index (χ3n) is 3.06. The molecule has 0 atom stereocenters. The molecule has 0 aliphatic rings. The Morgan fingerprint density at radius 2 is 1.90 bits per heavy atom. The fourth-order valence-corrected chi connectivity index (χ4v) is 2.58. The zero-order chi connectivity index (χ0) is 15.6. The van der Waals surface area contributed by atoms with Crippen molar-refractivity contribution >= 4 is 33.2 Å². The van der Waals surface area contributed by atoms with Gasteiger partial charge in [-0.25, -0.2) is 0 Å². The van der Waals surface area contributed by atoms with Gasteiger partial charge in [0.1, 0.15) is 11.5 Å². The van der Waals surface area contributed by atoms with Crippen LogP contribution in [0.25, 0.3) is 0 Å². The maximum absolute atomic E-state index is 10.9. The van der Waals surface area contributed by atoms with Crippen LogP contribution in [0.4, 0.5) is 5.69 Å². The first-order chi connectivity index (χ1) is 9.92. The van der Waals surface area contributed by atoms with Gasteiger partial charge in [0.2, 0.25) is 0 Å². The second-order valence-electron chi connectivity index (χ2n) is 4.66. The summed E-state index contributed by atoms with van der Waals surface area (Å²) >= 11 is 9.21. The Hall–Kier alpha value is -1.59. The minimum absolute atomic E-state index is 0.0939. The molecule has 0 bridgehead atoms. The fourth-order valence-electron chi connectivity index (χ4n) is 1.91. The molecule has 0 aromatic heterocycles. The van der Waals surface area contributed by atoms with E-state index in [4.69, 9.17) is 16.3 Å². The van der Waals surface area contributed by atoms with E-state index in [1.165, 1.54) is 6.07 Å². The van der Waals surface area contributed by atoms with E-state index in [0.29, 0.717) is 28.5 Å². The molecule has 2 aromatic carbocycles. The van der Waals surface area contributed by atoms with Gasteiger partial charge in [-0.05, 0) is 59.1 Å². The number of rotatable bonds is 4. The zero-order valence-corrected chi connectivity index (χ0v) is 13.9. The highest BCUT2D eigenvalue weighted by Gasteiger charge is 2.15. The standard InChI is InChI=1S/C15H13BrClNO3/c1-9-6-15(10(2)5-13(9)18(19)20)21-14-4-3-11(8-17)7-12(14)16/h3-7H,8H2,1-2H3. The smallest absolute Gasteiger partial charge is 0.272 e. The molecule has 0 aliphatic heterocycles. The average Bonchev–Trinajstić information content (AvgIpc) is 2.44. The van der Waals surface area contributed by atoms with Crippen molar-refractivity contribution in [3.05, 3.63) is 61.6 Å². The Kier molecular flexibility index (Phi) is 4.85. The molecule has 21 heavy (non-hydrogen) atoms. The van der Waals surface area contributed by atoms with Gasteiger partial charge in [0.25, 0.3) is 5.69 Å². The topological polar surface area (TPSA) is 52.4 Å². The Bertz CT molecular complexity index is 704. The lowest BCUT2D eigenvalue weighted by atomic mass is 10.1. The summed E-state index contributed by atoms with van der Waals surface area (Å²) in [6.45, 7) is 3.47. The highest BCUT2D eigenvalue weighted by molar-refractivity contribution is 9.10. The van der Waals surface area contributed by atoms with Crippen molar-refractivity contribution in [2.45, 2.75) is 19.7 Å². The molecule has 6 heteroatoms. The van der Waals surface area contributed by atoms with E-state index in [-0.39, 0.29) is 5.69 Å². The van der Waals surface area contributed by atoms with E-state index in [1.807, 2.05) is 18.2 Å². The Balaban J connectivity index is 2.36. The summed E-state index contributed by atoms with van der Waals surface area (Å²) in [5, 5.41) is 10.9. The van der Waals surface area contributed by atoms with E-state index in [2.05, 4.69) is 15.9 Å². The molecule has 110 valence electrons. The summed E-state index contributed by atoms with van der Waals surface area (Å²) in [6, 6.07) is 8.77. The molecule has 0 aliphatic carbocycles. The number of halogens is 2. The third-order valence-corrected chi connectivity index (χ3v) is 3.99. The molecular weight excluding hydrogens is 358 g/mol. The van der Waals surface area contributed by atoms with Crippen LogP contribution in [-0.2, 0) is 5.88 Å². The number of hydrogen-bond acceptors (Lipinski definition) is 3. The van der Waals surface area contributed by atoms with Gasteiger partial charge in [-0.2, -0.15) is 0 Å². The van der Waals surface area contributed by atoms with Gasteiger partial charge in [-0.15, -0.1) is 11.6 Å². The van der Waals surface area contributed by atoms with Gasteiger partial charge in [0.15, 0.2) is 0 Å². The third kappa shape index (κ3) is 3.54. The van der Waals surface area contributed by atoms with Gasteiger partial charge < -0.3 is 4.74 Å². The second kappa shape index (κ2) is 6.45. The van der Waals surface area contributed by atoms with Crippen molar-refractivity contribution in [1.82, 2.24) is 0 Å². The summed E-state index contributed by atoms with van der Waals surface area (Å²) in [6.07, 6.45) is 0. The van der Waals surface area contributed by atoms with Crippen LogP contribution in [-0.4, -0.2) is 4.92 Å². The van der Waals surface area contributed by atoms with Crippen LogP contribution < -0.4 is 4.74 Å². The average molecular weight is 371 g/mol. The van der Waals surface area contributed by atoms with Crippen molar-refractivity contribution in [2.24, 2.45) is 0 Å². The fraction of sp³-hybridized carbons (Fsp3) is 0.200.